The second kappa shape index (κ2) is 6.01. The highest BCUT2D eigenvalue weighted by Gasteiger charge is 2.31. The molecule has 1 aromatic carbocycles. The van der Waals surface area contributed by atoms with Crippen LogP contribution in [0, 0.1) is 17.5 Å². The van der Waals surface area contributed by atoms with Crippen LogP contribution >= 0.6 is 15.9 Å². The molecule has 1 unspecified atom stereocenters. The van der Waals surface area contributed by atoms with Gasteiger partial charge in [0.25, 0.3) is 5.91 Å². The van der Waals surface area contributed by atoms with Gasteiger partial charge in [-0.05, 0) is 6.07 Å². The molecule has 1 fully saturated rings. The summed E-state index contributed by atoms with van der Waals surface area (Å²) >= 11 is 3.20. The van der Waals surface area contributed by atoms with E-state index in [1.807, 2.05) is 0 Å². The van der Waals surface area contributed by atoms with Crippen LogP contribution in [0.15, 0.2) is 6.07 Å². The molecule has 110 valence electrons. The van der Waals surface area contributed by atoms with Crippen molar-refractivity contribution in [2.45, 2.75) is 6.04 Å². The fourth-order valence-electron chi connectivity index (χ4n) is 1.95. The molecule has 1 atom stereocenters. The van der Waals surface area contributed by atoms with E-state index in [4.69, 9.17) is 9.84 Å². The summed E-state index contributed by atoms with van der Waals surface area (Å²) in [5.41, 5.74) is -0.700. The zero-order valence-electron chi connectivity index (χ0n) is 10.2. The number of ether oxygens (including phenoxy) is 1. The number of amides is 1. The van der Waals surface area contributed by atoms with Crippen molar-refractivity contribution in [2.24, 2.45) is 0 Å². The topological polar surface area (TPSA) is 49.8 Å². The number of nitrogens with zero attached hydrogens (tertiary/aromatic N) is 1. The lowest BCUT2D eigenvalue weighted by molar-refractivity contribution is 0.00492. The van der Waals surface area contributed by atoms with Gasteiger partial charge in [-0.3, -0.25) is 4.79 Å². The minimum absolute atomic E-state index is 0.203. The molecule has 20 heavy (non-hydrogen) atoms. The predicted octanol–water partition coefficient (Wildman–Crippen LogP) is 2.05. The van der Waals surface area contributed by atoms with Crippen molar-refractivity contribution in [3.8, 4) is 5.75 Å². The maximum atomic E-state index is 13.7. The molecule has 1 amide bonds. The summed E-state index contributed by atoms with van der Waals surface area (Å²) in [5.74, 6) is -6.95. The maximum Gasteiger partial charge on any atom is 0.257 e. The summed E-state index contributed by atoms with van der Waals surface area (Å²) in [6.45, 7) is 0.731. The molecule has 0 saturated carbocycles. The van der Waals surface area contributed by atoms with Crippen LogP contribution in [-0.2, 0) is 4.74 Å². The molecule has 2 rings (SSSR count). The van der Waals surface area contributed by atoms with E-state index >= 15 is 0 Å². The third-order valence-corrected chi connectivity index (χ3v) is 3.78. The van der Waals surface area contributed by atoms with Crippen LogP contribution in [0.3, 0.4) is 0 Å². The molecule has 1 N–H and O–H groups in total. The van der Waals surface area contributed by atoms with Crippen LogP contribution in [-0.4, -0.2) is 47.0 Å². The largest absolute Gasteiger partial charge is 0.503 e. The van der Waals surface area contributed by atoms with Gasteiger partial charge in [0, 0.05) is 11.9 Å². The normalized spacial score (nSPS) is 19.2. The Balaban J connectivity index is 2.38. The van der Waals surface area contributed by atoms with E-state index in [1.54, 1.807) is 0 Å². The lowest BCUT2D eigenvalue weighted by Gasteiger charge is -2.34. The van der Waals surface area contributed by atoms with Gasteiger partial charge in [0.2, 0.25) is 5.82 Å². The molecule has 0 radical (unpaired) electrons. The second-order valence-corrected chi connectivity index (χ2v) is 4.91. The van der Waals surface area contributed by atoms with Crippen LogP contribution in [0.2, 0.25) is 0 Å². The average Bonchev–Trinajstić information content (AvgIpc) is 2.48. The number of carbonyl (C=O) groups excluding carboxylic acids is 1. The number of rotatable bonds is 2. The Morgan fingerprint density at radius 3 is 2.80 bits per heavy atom. The number of benzene rings is 1. The van der Waals surface area contributed by atoms with Crippen molar-refractivity contribution < 1.29 is 27.8 Å². The van der Waals surface area contributed by atoms with Crippen molar-refractivity contribution in [3.63, 3.8) is 0 Å². The highest BCUT2D eigenvalue weighted by Crippen LogP contribution is 2.27. The molecule has 0 aliphatic carbocycles. The Morgan fingerprint density at radius 2 is 2.15 bits per heavy atom. The lowest BCUT2D eigenvalue weighted by atomic mass is 10.1. The van der Waals surface area contributed by atoms with Crippen molar-refractivity contribution in [1.29, 1.82) is 0 Å². The minimum Gasteiger partial charge on any atom is -0.503 e. The number of alkyl halides is 1. The quantitative estimate of drug-likeness (QED) is 0.653. The van der Waals surface area contributed by atoms with Crippen LogP contribution in [0.1, 0.15) is 10.4 Å². The smallest absolute Gasteiger partial charge is 0.257 e. The maximum absolute atomic E-state index is 13.7. The van der Waals surface area contributed by atoms with Crippen LogP contribution in [0.25, 0.3) is 0 Å². The molecule has 1 aliphatic rings. The van der Waals surface area contributed by atoms with Gasteiger partial charge in [-0.25, -0.2) is 8.78 Å². The zero-order chi connectivity index (χ0) is 14.9. The Labute approximate surface area is 121 Å². The van der Waals surface area contributed by atoms with E-state index in [0.717, 1.165) is 0 Å². The van der Waals surface area contributed by atoms with Crippen LogP contribution < -0.4 is 0 Å². The van der Waals surface area contributed by atoms with Crippen molar-refractivity contribution in [2.75, 3.05) is 25.1 Å². The fourth-order valence-corrected chi connectivity index (χ4v) is 2.49. The first-order valence-corrected chi connectivity index (χ1v) is 6.90. The van der Waals surface area contributed by atoms with E-state index < -0.39 is 34.7 Å². The van der Waals surface area contributed by atoms with Crippen molar-refractivity contribution >= 4 is 21.8 Å². The fraction of sp³-hybridized carbons (Fsp3) is 0.417. The van der Waals surface area contributed by atoms with Crippen molar-refractivity contribution in [1.82, 2.24) is 4.90 Å². The van der Waals surface area contributed by atoms with E-state index in [0.29, 0.717) is 11.4 Å². The van der Waals surface area contributed by atoms with E-state index in [1.165, 1.54) is 4.90 Å². The van der Waals surface area contributed by atoms with E-state index in [9.17, 15) is 18.0 Å². The lowest BCUT2D eigenvalue weighted by Crippen LogP contribution is -2.49. The molecule has 1 heterocycles. The average molecular weight is 354 g/mol. The summed E-state index contributed by atoms with van der Waals surface area (Å²) in [7, 11) is 0. The number of morpholine rings is 1. The van der Waals surface area contributed by atoms with Gasteiger partial charge in [0.15, 0.2) is 17.4 Å². The molecule has 1 aliphatic heterocycles. The second-order valence-electron chi connectivity index (χ2n) is 4.26. The zero-order valence-corrected chi connectivity index (χ0v) is 11.8. The molecule has 0 spiro atoms. The van der Waals surface area contributed by atoms with E-state index in [2.05, 4.69) is 15.9 Å². The number of phenolic OH excluding ortho intramolecular Hbond substituents is 1. The molecule has 0 bridgehead atoms. The monoisotopic (exact) mass is 353 g/mol. The summed E-state index contributed by atoms with van der Waals surface area (Å²) in [6, 6.07) is 0.110. The summed E-state index contributed by atoms with van der Waals surface area (Å²) in [5, 5.41) is 9.54. The highest BCUT2D eigenvalue weighted by molar-refractivity contribution is 9.09. The third kappa shape index (κ3) is 2.62. The molecular weight excluding hydrogens is 343 g/mol. The highest BCUT2D eigenvalue weighted by atomic mass is 79.9. The Hall–Kier alpha value is -1.28. The standard InChI is InChI=1S/C12H11BrF3NO3/c13-4-6-5-20-2-1-17(6)12(19)7-3-8(14)10(16)11(18)9(7)15/h3,6,18H,1-2,4-5H2. The Kier molecular flexibility index (Phi) is 4.54. The predicted molar refractivity (Wildman–Crippen MR) is 67.4 cm³/mol. The number of phenols is 1. The molecule has 1 aromatic rings. The van der Waals surface area contributed by atoms with Gasteiger partial charge in [-0.1, -0.05) is 15.9 Å². The summed E-state index contributed by atoms with van der Waals surface area (Å²) in [4.78, 5) is 13.5. The number of aromatic hydroxyl groups is 1. The minimum atomic E-state index is -1.71. The molecule has 1 saturated heterocycles. The number of carbonyl (C=O) groups is 1. The van der Waals surface area contributed by atoms with Gasteiger partial charge in [0.05, 0.1) is 24.8 Å². The first kappa shape index (κ1) is 15.1. The number of hydrogen-bond donors (Lipinski definition) is 1. The van der Waals surface area contributed by atoms with Gasteiger partial charge in [-0.2, -0.15) is 4.39 Å². The van der Waals surface area contributed by atoms with Crippen LogP contribution in [0.5, 0.6) is 5.75 Å². The number of halogens is 4. The van der Waals surface area contributed by atoms with Gasteiger partial charge >= 0.3 is 0 Å². The molecule has 0 aromatic heterocycles. The van der Waals surface area contributed by atoms with Gasteiger partial charge in [-0.15, -0.1) is 0 Å². The summed E-state index contributed by atoms with van der Waals surface area (Å²) in [6.07, 6.45) is 0. The van der Waals surface area contributed by atoms with E-state index in [-0.39, 0.29) is 25.8 Å². The van der Waals surface area contributed by atoms with Crippen LogP contribution in [0.4, 0.5) is 13.2 Å². The Morgan fingerprint density at radius 1 is 1.45 bits per heavy atom. The summed E-state index contributed by atoms with van der Waals surface area (Å²) < 4.78 is 45.1. The third-order valence-electron chi connectivity index (χ3n) is 3.03. The van der Waals surface area contributed by atoms with Gasteiger partial charge in [0.1, 0.15) is 0 Å². The molecule has 4 nitrogen and oxygen atoms in total. The molecule has 8 heteroatoms. The van der Waals surface area contributed by atoms with Gasteiger partial charge < -0.3 is 14.7 Å². The Bertz CT molecular complexity index is 541. The SMILES string of the molecule is O=C(c1cc(F)c(F)c(O)c1F)N1CCOCC1CBr. The first-order chi connectivity index (χ1) is 9.47. The first-order valence-electron chi connectivity index (χ1n) is 5.78. The molecular formula is C12H11BrF3NO3. The van der Waals surface area contributed by atoms with Crippen molar-refractivity contribution in [3.05, 3.63) is 29.1 Å². The number of hydrogen-bond acceptors (Lipinski definition) is 3.